The fraction of sp³-hybridized carbons (Fsp3) is 0.647. The van der Waals surface area contributed by atoms with Crippen LogP contribution in [0.3, 0.4) is 0 Å². The summed E-state index contributed by atoms with van der Waals surface area (Å²) in [6, 6.07) is 4.07. The fourth-order valence-corrected chi connectivity index (χ4v) is 3.07. The molecule has 0 N–H and O–H groups in total. The molecule has 1 saturated carbocycles. The van der Waals surface area contributed by atoms with Gasteiger partial charge in [0.1, 0.15) is 5.78 Å². The summed E-state index contributed by atoms with van der Waals surface area (Å²) in [5.74, 6) is 1.42. The molecule has 0 spiro atoms. The second-order valence-corrected chi connectivity index (χ2v) is 6.90. The van der Waals surface area contributed by atoms with E-state index in [1.807, 2.05) is 12.3 Å². The monoisotopic (exact) mass is 259 g/mol. The van der Waals surface area contributed by atoms with Crippen molar-refractivity contribution in [3.63, 3.8) is 0 Å². The van der Waals surface area contributed by atoms with Crippen molar-refractivity contribution in [2.45, 2.75) is 52.9 Å². The summed E-state index contributed by atoms with van der Waals surface area (Å²) in [5, 5.41) is 0. The third kappa shape index (κ3) is 3.89. The van der Waals surface area contributed by atoms with Crippen molar-refractivity contribution in [1.29, 1.82) is 0 Å². The molecular formula is C17H25NO. The Hall–Kier alpha value is -1.18. The molecule has 19 heavy (non-hydrogen) atoms. The van der Waals surface area contributed by atoms with Gasteiger partial charge in [0.25, 0.3) is 0 Å². The van der Waals surface area contributed by atoms with E-state index >= 15 is 0 Å². The Morgan fingerprint density at radius 2 is 2.16 bits per heavy atom. The number of ketones is 1. The van der Waals surface area contributed by atoms with Crippen LogP contribution in [0.25, 0.3) is 0 Å². The minimum absolute atomic E-state index is 0.262. The van der Waals surface area contributed by atoms with Gasteiger partial charge >= 0.3 is 0 Å². The average molecular weight is 259 g/mol. The van der Waals surface area contributed by atoms with Crippen molar-refractivity contribution in [1.82, 2.24) is 4.98 Å². The van der Waals surface area contributed by atoms with Crippen LogP contribution in [0.15, 0.2) is 24.5 Å². The molecule has 1 aliphatic rings. The van der Waals surface area contributed by atoms with Gasteiger partial charge in [-0.05, 0) is 48.6 Å². The highest BCUT2D eigenvalue weighted by molar-refractivity contribution is 5.81. The van der Waals surface area contributed by atoms with Gasteiger partial charge in [-0.2, -0.15) is 0 Å². The second kappa shape index (κ2) is 5.85. The van der Waals surface area contributed by atoms with Gasteiger partial charge in [-0.3, -0.25) is 9.78 Å². The normalized spacial score (nSPS) is 24.5. The lowest BCUT2D eigenvalue weighted by molar-refractivity contribution is -0.126. The lowest BCUT2D eigenvalue weighted by atomic mass is 9.68. The van der Waals surface area contributed by atoms with E-state index in [1.165, 1.54) is 5.56 Å². The number of hydrogen-bond donors (Lipinski definition) is 0. The van der Waals surface area contributed by atoms with Crippen LogP contribution < -0.4 is 0 Å². The largest absolute Gasteiger partial charge is 0.299 e. The van der Waals surface area contributed by atoms with Crippen molar-refractivity contribution in [2.75, 3.05) is 0 Å². The predicted octanol–water partition coefficient (Wildman–Crippen LogP) is 4.05. The molecule has 104 valence electrons. The number of aromatic nitrogens is 1. The Morgan fingerprint density at radius 3 is 2.79 bits per heavy atom. The summed E-state index contributed by atoms with van der Waals surface area (Å²) >= 11 is 0. The van der Waals surface area contributed by atoms with Crippen molar-refractivity contribution < 1.29 is 4.79 Å². The molecule has 0 amide bonds. The zero-order chi connectivity index (χ0) is 13.9. The van der Waals surface area contributed by atoms with Gasteiger partial charge in [0, 0.05) is 24.7 Å². The average Bonchev–Trinajstić information content (AvgIpc) is 2.37. The van der Waals surface area contributed by atoms with E-state index in [4.69, 9.17) is 0 Å². The van der Waals surface area contributed by atoms with E-state index in [2.05, 4.69) is 31.8 Å². The van der Waals surface area contributed by atoms with Crippen LogP contribution in [0, 0.1) is 17.3 Å². The van der Waals surface area contributed by atoms with Crippen LogP contribution in [0.4, 0.5) is 0 Å². The first kappa shape index (κ1) is 14.2. The van der Waals surface area contributed by atoms with E-state index in [0.717, 1.165) is 32.1 Å². The van der Waals surface area contributed by atoms with Crippen molar-refractivity contribution in [2.24, 2.45) is 17.3 Å². The molecule has 2 unspecified atom stereocenters. The van der Waals surface area contributed by atoms with E-state index in [-0.39, 0.29) is 5.92 Å². The number of carbonyl (C=O) groups excluding carboxylic acids is 1. The second-order valence-electron chi connectivity index (χ2n) is 6.90. The Bertz CT molecular complexity index is 419. The molecule has 0 aliphatic heterocycles. The first-order valence-electron chi connectivity index (χ1n) is 7.38. The molecule has 0 aromatic carbocycles. The van der Waals surface area contributed by atoms with Crippen LogP contribution in [0.2, 0.25) is 0 Å². The summed E-state index contributed by atoms with van der Waals surface area (Å²) < 4.78 is 0. The minimum Gasteiger partial charge on any atom is -0.299 e. The fourth-order valence-electron chi connectivity index (χ4n) is 3.07. The zero-order valence-electron chi connectivity index (χ0n) is 12.4. The van der Waals surface area contributed by atoms with Crippen molar-refractivity contribution in [3.8, 4) is 0 Å². The molecule has 0 saturated heterocycles. The lowest BCUT2D eigenvalue weighted by Gasteiger charge is -2.37. The Morgan fingerprint density at radius 1 is 1.37 bits per heavy atom. The van der Waals surface area contributed by atoms with Crippen molar-refractivity contribution >= 4 is 5.78 Å². The number of aryl methyl sites for hydroxylation is 1. The summed E-state index contributed by atoms with van der Waals surface area (Å²) in [4.78, 5) is 16.2. The number of rotatable bonds is 3. The molecular weight excluding hydrogens is 234 g/mol. The summed E-state index contributed by atoms with van der Waals surface area (Å²) in [5.41, 5.74) is 1.57. The predicted molar refractivity (Wildman–Crippen MR) is 77.9 cm³/mol. The Labute approximate surface area is 116 Å². The van der Waals surface area contributed by atoms with Crippen LogP contribution in [-0.2, 0) is 11.2 Å². The van der Waals surface area contributed by atoms with E-state index in [1.54, 1.807) is 6.20 Å². The van der Waals surface area contributed by atoms with Crippen LogP contribution >= 0.6 is 0 Å². The number of Topliss-reactive ketones (excluding diaryl/α,β-unsaturated/α-hetero) is 1. The van der Waals surface area contributed by atoms with Crippen LogP contribution in [-0.4, -0.2) is 10.8 Å². The van der Waals surface area contributed by atoms with E-state index < -0.39 is 0 Å². The molecule has 0 radical (unpaired) electrons. The maximum absolute atomic E-state index is 12.1. The Balaban J connectivity index is 1.93. The van der Waals surface area contributed by atoms with E-state index in [0.29, 0.717) is 17.1 Å². The number of hydrogen-bond acceptors (Lipinski definition) is 2. The van der Waals surface area contributed by atoms with Gasteiger partial charge in [-0.15, -0.1) is 0 Å². The summed E-state index contributed by atoms with van der Waals surface area (Å²) in [6.07, 6.45) is 8.59. The smallest absolute Gasteiger partial charge is 0.136 e. The maximum Gasteiger partial charge on any atom is 0.136 e. The standard InChI is InChI=1S/C17H25NO/c1-17(2,3)15-8-9-16(19)14(11-15)7-6-13-5-4-10-18-12-13/h4-5,10,12,14-15H,6-9,11H2,1-3H3. The molecule has 1 fully saturated rings. The number of nitrogens with zero attached hydrogens (tertiary/aromatic N) is 1. The van der Waals surface area contributed by atoms with Gasteiger partial charge in [0.05, 0.1) is 0 Å². The van der Waals surface area contributed by atoms with Gasteiger partial charge < -0.3 is 0 Å². The van der Waals surface area contributed by atoms with Crippen LogP contribution in [0.1, 0.15) is 52.0 Å². The zero-order valence-corrected chi connectivity index (χ0v) is 12.4. The third-order valence-electron chi connectivity index (χ3n) is 4.49. The van der Waals surface area contributed by atoms with Crippen molar-refractivity contribution in [3.05, 3.63) is 30.1 Å². The summed E-state index contributed by atoms with van der Waals surface area (Å²) in [6.45, 7) is 6.89. The number of carbonyl (C=O) groups is 1. The molecule has 2 heteroatoms. The Kier molecular flexibility index (Phi) is 4.38. The highest BCUT2D eigenvalue weighted by Gasteiger charge is 2.34. The quantitative estimate of drug-likeness (QED) is 0.819. The van der Waals surface area contributed by atoms with E-state index in [9.17, 15) is 4.79 Å². The molecule has 0 bridgehead atoms. The number of pyridine rings is 1. The van der Waals surface area contributed by atoms with Crippen LogP contribution in [0.5, 0.6) is 0 Å². The first-order chi connectivity index (χ1) is 8.97. The maximum atomic E-state index is 12.1. The molecule has 1 heterocycles. The SMILES string of the molecule is CC(C)(C)C1CCC(=O)C(CCc2cccnc2)C1. The highest BCUT2D eigenvalue weighted by Crippen LogP contribution is 2.40. The van der Waals surface area contributed by atoms with Gasteiger partial charge in [0.15, 0.2) is 0 Å². The van der Waals surface area contributed by atoms with Gasteiger partial charge in [0.2, 0.25) is 0 Å². The van der Waals surface area contributed by atoms with Gasteiger partial charge in [-0.1, -0.05) is 26.8 Å². The molecule has 1 aliphatic carbocycles. The van der Waals surface area contributed by atoms with Gasteiger partial charge in [-0.25, -0.2) is 0 Å². The minimum atomic E-state index is 0.262. The topological polar surface area (TPSA) is 30.0 Å². The molecule has 1 aromatic rings. The molecule has 1 aromatic heterocycles. The molecule has 2 nitrogen and oxygen atoms in total. The highest BCUT2D eigenvalue weighted by atomic mass is 16.1. The lowest BCUT2D eigenvalue weighted by Crippen LogP contribution is -2.32. The molecule has 2 atom stereocenters. The third-order valence-corrected chi connectivity index (χ3v) is 4.49. The summed E-state index contributed by atoms with van der Waals surface area (Å²) in [7, 11) is 0. The molecule has 2 rings (SSSR count). The first-order valence-corrected chi connectivity index (χ1v) is 7.38.